The predicted octanol–water partition coefficient (Wildman–Crippen LogP) is 4.82. The fraction of sp³-hybridized carbons (Fsp3) is 0.800. The highest BCUT2D eigenvalue weighted by atomic mass is 15.2. The SMILES string of the molecule is CC(C)(C)c1ncc(N2CCC3(CC2)CC(C(C)(C)C)C3)cn1. The van der Waals surface area contributed by atoms with Crippen molar-refractivity contribution >= 4 is 5.69 Å². The lowest BCUT2D eigenvalue weighted by Crippen LogP contribution is -2.50. The molecule has 0 radical (unpaired) electrons. The van der Waals surface area contributed by atoms with Gasteiger partial charge in [0.15, 0.2) is 0 Å². The fourth-order valence-electron chi connectivity index (χ4n) is 4.12. The largest absolute Gasteiger partial charge is 0.369 e. The van der Waals surface area contributed by atoms with Crippen LogP contribution in [-0.4, -0.2) is 23.1 Å². The molecule has 0 aromatic carbocycles. The quantitative estimate of drug-likeness (QED) is 0.744. The first kappa shape index (κ1) is 16.7. The number of anilines is 1. The van der Waals surface area contributed by atoms with Crippen LogP contribution in [0.5, 0.6) is 0 Å². The van der Waals surface area contributed by atoms with E-state index in [1.165, 1.54) is 31.4 Å². The molecule has 0 N–H and O–H groups in total. The molecule has 3 rings (SSSR count). The van der Waals surface area contributed by atoms with Crippen molar-refractivity contribution in [1.82, 2.24) is 9.97 Å². The van der Waals surface area contributed by atoms with E-state index < -0.39 is 0 Å². The van der Waals surface area contributed by atoms with Gasteiger partial charge >= 0.3 is 0 Å². The van der Waals surface area contributed by atoms with Crippen LogP contribution in [0.25, 0.3) is 0 Å². The summed E-state index contributed by atoms with van der Waals surface area (Å²) in [6.45, 7) is 16.0. The summed E-state index contributed by atoms with van der Waals surface area (Å²) < 4.78 is 0. The monoisotopic (exact) mass is 315 g/mol. The molecular formula is C20H33N3. The van der Waals surface area contributed by atoms with Crippen LogP contribution in [0.15, 0.2) is 12.4 Å². The van der Waals surface area contributed by atoms with Gasteiger partial charge in [0.2, 0.25) is 0 Å². The van der Waals surface area contributed by atoms with E-state index in [1.807, 2.05) is 12.4 Å². The highest BCUT2D eigenvalue weighted by Gasteiger charge is 2.49. The smallest absolute Gasteiger partial charge is 0.133 e. The van der Waals surface area contributed by atoms with Gasteiger partial charge in [-0.15, -0.1) is 0 Å². The van der Waals surface area contributed by atoms with Gasteiger partial charge in [0.05, 0.1) is 18.1 Å². The fourth-order valence-corrected chi connectivity index (χ4v) is 4.12. The molecule has 1 aliphatic heterocycles. The summed E-state index contributed by atoms with van der Waals surface area (Å²) in [5.41, 5.74) is 2.34. The molecule has 0 atom stereocenters. The zero-order valence-corrected chi connectivity index (χ0v) is 15.8. The van der Waals surface area contributed by atoms with Crippen LogP contribution in [-0.2, 0) is 5.41 Å². The molecule has 2 fully saturated rings. The summed E-state index contributed by atoms with van der Waals surface area (Å²) in [6, 6.07) is 0. The normalized spacial score (nSPS) is 22.3. The van der Waals surface area contributed by atoms with E-state index >= 15 is 0 Å². The molecule has 2 heterocycles. The second kappa shape index (κ2) is 5.46. The predicted molar refractivity (Wildman–Crippen MR) is 96.8 cm³/mol. The number of rotatable bonds is 1. The van der Waals surface area contributed by atoms with Crippen molar-refractivity contribution < 1.29 is 0 Å². The van der Waals surface area contributed by atoms with Crippen LogP contribution in [0, 0.1) is 16.7 Å². The lowest BCUT2D eigenvalue weighted by Gasteiger charge is -2.56. The van der Waals surface area contributed by atoms with Gasteiger partial charge in [-0.2, -0.15) is 0 Å². The molecule has 128 valence electrons. The molecule has 1 aromatic rings. The van der Waals surface area contributed by atoms with Crippen molar-refractivity contribution in [1.29, 1.82) is 0 Å². The Bertz CT molecular complexity index is 532. The van der Waals surface area contributed by atoms with Crippen LogP contribution in [0.4, 0.5) is 5.69 Å². The van der Waals surface area contributed by atoms with E-state index in [2.05, 4.69) is 56.4 Å². The van der Waals surface area contributed by atoms with E-state index in [0.29, 0.717) is 10.8 Å². The van der Waals surface area contributed by atoms with Crippen molar-refractivity contribution in [2.24, 2.45) is 16.7 Å². The summed E-state index contributed by atoms with van der Waals surface area (Å²) in [4.78, 5) is 11.6. The maximum atomic E-state index is 4.59. The number of aromatic nitrogens is 2. The van der Waals surface area contributed by atoms with Gasteiger partial charge in [-0.3, -0.25) is 0 Å². The van der Waals surface area contributed by atoms with Gasteiger partial charge in [-0.1, -0.05) is 41.5 Å². The van der Waals surface area contributed by atoms with Crippen molar-refractivity contribution in [2.75, 3.05) is 18.0 Å². The Kier molecular flexibility index (Phi) is 3.97. The molecule has 1 aliphatic carbocycles. The summed E-state index contributed by atoms with van der Waals surface area (Å²) in [6.07, 6.45) is 9.57. The Morgan fingerprint density at radius 1 is 0.957 bits per heavy atom. The van der Waals surface area contributed by atoms with Crippen LogP contribution >= 0.6 is 0 Å². The van der Waals surface area contributed by atoms with Crippen molar-refractivity contribution in [2.45, 2.75) is 72.6 Å². The van der Waals surface area contributed by atoms with Gasteiger partial charge in [-0.05, 0) is 42.4 Å². The van der Waals surface area contributed by atoms with E-state index in [4.69, 9.17) is 0 Å². The Labute approximate surface area is 141 Å². The lowest BCUT2D eigenvalue weighted by molar-refractivity contribution is -0.0306. The minimum Gasteiger partial charge on any atom is -0.369 e. The van der Waals surface area contributed by atoms with E-state index in [0.717, 1.165) is 24.8 Å². The second-order valence-electron chi connectivity index (χ2n) is 9.97. The van der Waals surface area contributed by atoms with E-state index in [9.17, 15) is 0 Å². The Morgan fingerprint density at radius 2 is 1.48 bits per heavy atom. The maximum absolute atomic E-state index is 4.59. The first-order valence-corrected chi connectivity index (χ1v) is 9.17. The average molecular weight is 316 g/mol. The molecule has 3 nitrogen and oxygen atoms in total. The zero-order chi connectivity index (χ0) is 16.9. The third kappa shape index (κ3) is 3.39. The first-order chi connectivity index (χ1) is 10.6. The second-order valence-corrected chi connectivity index (χ2v) is 9.97. The molecule has 0 bridgehead atoms. The minimum absolute atomic E-state index is 0.0262. The van der Waals surface area contributed by atoms with Gasteiger partial charge in [-0.25, -0.2) is 9.97 Å². The van der Waals surface area contributed by atoms with Gasteiger partial charge in [0.1, 0.15) is 5.82 Å². The average Bonchev–Trinajstić information content (AvgIpc) is 2.43. The lowest BCUT2D eigenvalue weighted by atomic mass is 9.52. The highest BCUT2D eigenvalue weighted by molar-refractivity contribution is 5.43. The molecule has 23 heavy (non-hydrogen) atoms. The van der Waals surface area contributed by atoms with Crippen molar-refractivity contribution in [3.63, 3.8) is 0 Å². The summed E-state index contributed by atoms with van der Waals surface area (Å²) >= 11 is 0. The molecule has 1 aromatic heterocycles. The Morgan fingerprint density at radius 3 is 1.91 bits per heavy atom. The van der Waals surface area contributed by atoms with Crippen molar-refractivity contribution in [3.05, 3.63) is 18.2 Å². The molecule has 1 saturated heterocycles. The summed E-state index contributed by atoms with van der Waals surface area (Å²) in [7, 11) is 0. The van der Waals surface area contributed by atoms with Crippen LogP contribution in [0.3, 0.4) is 0 Å². The molecule has 0 unspecified atom stereocenters. The standard InChI is InChI=1S/C20H33N3/c1-18(2,3)15-11-20(12-15)7-9-23(10-8-20)16-13-21-17(22-14-16)19(4,5)6/h13-15H,7-12H2,1-6H3. The minimum atomic E-state index is 0.0262. The third-order valence-corrected chi connectivity index (χ3v) is 6.08. The number of hydrogen-bond donors (Lipinski definition) is 0. The molecule has 2 aliphatic rings. The zero-order valence-electron chi connectivity index (χ0n) is 15.8. The molecule has 3 heteroatoms. The summed E-state index contributed by atoms with van der Waals surface area (Å²) in [5.74, 6) is 1.85. The molecular weight excluding hydrogens is 282 g/mol. The Hall–Kier alpha value is -1.12. The summed E-state index contributed by atoms with van der Waals surface area (Å²) in [5, 5.41) is 0. The van der Waals surface area contributed by atoms with Gasteiger partial charge in [0, 0.05) is 18.5 Å². The third-order valence-electron chi connectivity index (χ3n) is 6.08. The van der Waals surface area contributed by atoms with Crippen LogP contribution in [0.2, 0.25) is 0 Å². The topological polar surface area (TPSA) is 29.0 Å². The van der Waals surface area contributed by atoms with E-state index in [1.54, 1.807) is 0 Å². The van der Waals surface area contributed by atoms with Crippen molar-refractivity contribution in [3.8, 4) is 0 Å². The van der Waals surface area contributed by atoms with E-state index in [-0.39, 0.29) is 5.41 Å². The Balaban J connectivity index is 1.58. The maximum Gasteiger partial charge on any atom is 0.133 e. The van der Waals surface area contributed by atoms with Gasteiger partial charge < -0.3 is 4.90 Å². The number of piperidine rings is 1. The van der Waals surface area contributed by atoms with Crippen LogP contribution in [0.1, 0.15) is 73.1 Å². The number of hydrogen-bond acceptors (Lipinski definition) is 3. The van der Waals surface area contributed by atoms with Crippen LogP contribution < -0.4 is 4.90 Å². The molecule has 1 saturated carbocycles. The highest BCUT2D eigenvalue weighted by Crippen LogP contribution is 2.58. The number of nitrogens with zero attached hydrogens (tertiary/aromatic N) is 3. The van der Waals surface area contributed by atoms with Gasteiger partial charge in [0.25, 0.3) is 0 Å². The molecule has 0 amide bonds. The molecule has 1 spiro atoms. The first-order valence-electron chi connectivity index (χ1n) is 9.17.